The summed E-state index contributed by atoms with van der Waals surface area (Å²) in [5, 5.41) is 6.00. The summed E-state index contributed by atoms with van der Waals surface area (Å²) in [4.78, 5) is 24.5. The summed E-state index contributed by atoms with van der Waals surface area (Å²) < 4.78 is 0. The molecule has 4 heteroatoms. The van der Waals surface area contributed by atoms with E-state index in [1.54, 1.807) is 0 Å². The van der Waals surface area contributed by atoms with Crippen molar-refractivity contribution in [3.05, 3.63) is 83.2 Å². The minimum Gasteiger partial charge on any atom is -0.352 e. The van der Waals surface area contributed by atoms with Crippen molar-refractivity contribution < 1.29 is 9.59 Å². The van der Waals surface area contributed by atoms with E-state index < -0.39 is 0 Å². The highest BCUT2D eigenvalue weighted by Gasteiger charge is 2.20. The number of benzene rings is 2. The van der Waals surface area contributed by atoms with E-state index in [0.717, 1.165) is 22.5 Å². The Balaban J connectivity index is 1.73. The van der Waals surface area contributed by atoms with Gasteiger partial charge in [0.2, 0.25) is 11.6 Å². The average molecular weight is 318 g/mol. The minimum absolute atomic E-state index is 0.232. The molecule has 120 valence electrons. The van der Waals surface area contributed by atoms with E-state index in [2.05, 4.69) is 10.6 Å². The number of rotatable bonds is 4. The van der Waals surface area contributed by atoms with Crippen LogP contribution in [0.15, 0.2) is 72.1 Å². The van der Waals surface area contributed by atoms with Crippen LogP contribution in [0.5, 0.6) is 0 Å². The second kappa shape index (κ2) is 6.54. The number of anilines is 2. The number of ketones is 2. The smallest absolute Gasteiger partial charge is 0.204 e. The molecule has 0 aliphatic heterocycles. The van der Waals surface area contributed by atoms with Gasteiger partial charge in [-0.1, -0.05) is 35.4 Å². The first-order chi connectivity index (χ1) is 11.5. The zero-order valence-electron chi connectivity index (χ0n) is 13.6. The zero-order chi connectivity index (χ0) is 17.1. The molecule has 3 rings (SSSR count). The Kier molecular flexibility index (Phi) is 4.29. The van der Waals surface area contributed by atoms with Crippen LogP contribution < -0.4 is 10.6 Å². The second-order valence-electron chi connectivity index (χ2n) is 5.83. The largest absolute Gasteiger partial charge is 0.352 e. The Hall–Kier alpha value is -3.14. The lowest BCUT2D eigenvalue weighted by Crippen LogP contribution is -2.21. The molecule has 0 aromatic heterocycles. The summed E-state index contributed by atoms with van der Waals surface area (Å²) in [6.07, 6.45) is 2.66. The van der Waals surface area contributed by atoms with E-state index in [9.17, 15) is 9.59 Å². The monoisotopic (exact) mass is 318 g/mol. The summed E-state index contributed by atoms with van der Waals surface area (Å²) in [6, 6.07) is 15.3. The molecule has 2 aromatic rings. The zero-order valence-corrected chi connectivity index (χ0v) is 13.6. The summed E-state index contributed by atoms with van der Waals surface area (Å²) >= 11 is 0. The molecule has 2 N–H and O–H groups in total. The third kappa shape index (κ3) is 3.60. The van der Waals surface area contributed by atoms with Crippen LogP contribution in [0.25, 0.3) is 0 Å². The molecule has 0 radical (unpaired) electrons. The minimum atomic E-state index is -0.232. The highest BCUT2D eigenvalue weighted by atomic mass is 16.1. The first-order valence-electron chi connectivity index (χ1n) is 7.71. The Bertz CT molecular complexity index is 771. The number of aryl methyl sites for hydroxylation is 2. The molecule has 0 bridgehead atoms. The standard InChI is InChI=1S/C20H18N2O2/c1-13-3-7-15(8-4-13)21-17-11-20(24)18(12-19(17)23)22-16-9-5-14(2)6-10-16/h3-12,21-22H,1-2H3. The molecule has 1 aliphatic carbocycles. The molecule has 0 unspecified atom stereocenters. The van der Waals surface area contributed by atoms with Gasteiger partial charge in [0, 0.05) is 23.5 Å². The SMILES string of the molecule is Cc1ccc(NC2=CC(=O)C(Nc3ccc(C)cc3)=CC2=O)cc1. The van der Waals surface area contributed by atoms with Crippen LogP contribution in [0.3, 0.4) is 0 Å². The first-order valence-corrected chi connectivity index (χ1v) is 7.71. The maximum atomic E-state index is 12.3. The maximum Gasteiger partial charge on any atom is 0.204 e. The molecule has 0 atom stereocenters. The van der Waals surface area contributed by atoms with Gasteiger partial charge in [-0.3, -0.25) is 9.59 Å². The van der Waals surface area contributed by atoms with Crippen molar-refractivity contribution in [1.29, 1.82) is 0 Å². The van der Waals surface area contributed by atoms with Gasteiger partial charge in [-0.05, 0) is 38.1 Å². The fourth-order valence-corrected chi connectivity index (χ4v) is 2.34. The predicted octanol–water partition coefficient (Wildman–Crippen LogP) is 3.75. The van der Waals surface area contributed by atoms with Crippen LogP contribution >= 0.6 is 0 Å². The quantitative estimate of drug-likeness (QED) is 0.843. The molecular formula is C20H18N2O2. The van der Waals surface area contributed by atoms with Crippen molar-refractivity contribution in [2.45, 2.75) is 13.8 Å². The number of hydrogen-bond acceptors (Lipinski definition) is 4. The van der Waals surface area contributed by atoms with E-state index in [1.807, 2.05) is 62.4 Å². The molecule has 0 saturated carbocycles. The number of allylic oxidation sites excluding steroid dienone is 2. The third-order valence-corrected chi connectivity index (χ3v) is 3.74. The van der Waals surface area contributed by atoms with Crippen molar-refractivity contribution in [2.24, 2.45) is 0 Å². The maximum absolute atomic E-state index is 12.3. The lowest BCUT2D eigenvalue weighted by atomic mass is 10.1. The van der Waals surface area contributed by atoms with E-state index in [0.29, 0.717) is 0 Å². The highest BCUT2D eigenvalue weighted by molar-refractivity contribution is 6.21. The van der Waals surface area contributed by atoms with Crippen LogP contribution in [-0.4, -0.2) is 11.6 Å². The van der Waals surface area contributed by atoms with Gasteiger partial charge >= 0.3 is 0 Å². The molecule has 0 saturated heterocycles. The van der Waals surface area contributed by atoms with E-state index in [-0.39, 0.29) is 23.0 Å². The van der Waals surface area contributed by atoms with Crippen molar-refractivity contribution in [3.8, 4) is 0 Å². The second-order valence-corrected chi connectivity index (χ2v) is 5.83. The Morgan fingerprint density at radius 1 is 0.583 bits per heavy atom. The highest BCUT2D eigenvalue weighted by Crippen LogP contribution is 2.19. The van der Waals surface area contributed by atoms with E-state index in [1.165, 1.54) is 12.2 Å². The molecule has 0 heterocycles. The van der Waals surface area contributed by atoms with Crippen LogP contribution in [0.2, 0.25) is 0 Å². The third-order valence-electron chi connectivity index (χ3n) is 3.74. The number of nitrogens with one attached hydrogen (secondary N) is 2. The first kappa shape index (κ1) is 15.7. The summed E-state index contributed by atoms with van der Waals surface area (Å²) in [7, 11) is 0. The summed E-state index contributed by atoms with van der Waals surface area (Å²) in [6.45, 7) is 3.98. The van der Waals surface area contributed by atoms with Crippen molar-refractivity contribution in [2.75, 3.05) is 10.6 Å². The predicted molar refractivity (Wildman–Crippen MR) is 95.8 cm³/mol. The van der Waals surface area contributed by atoms with Gasteiger partial charge in [-0.15, -0.1) is 0 Å². The Morgan fingerprint density at radius 2 is 0.917 bits per heavy atom. The molecular weight excluding hydrogens is 300 g/mol. The van der Waals surface area contributed by atoms with Gasteiger partial charge in [0.05, 0.1) is 11.4 Å². The number of carbonyl (C=O) groups is 2. The van der Waals surface area contributed by atoms with Crippen molar-refractivity contribution >= 4 is 22.9 Å². The van der Waals surface area contributed by atoms with Crippen LogP contribution in [0, 0.1) is 13.8 Å². The normalized spacial score (nSPS) is 14.1. The fraction of sp³-hybridized carbons (Fsp3) is 0.100. The lowest BCUT2D eigenvalue weighted by molar-refractivity contribution is -0.115. The van der Waals surface area contributed by atoms with Gasteiger partial charge in [0.1, 0.15) is 0 Å². The topological polar surface area (TPSA) is 58.2 Å². The van der Waals surface area contributed by atoms with Crippen molar-refractivity contribution in [1.82, 2.24) is 0 Å². The molecule has 24 heavy (non-hydrogen) atoms. The van der Waals surface area contributed by atoms with Crippen molar-refractivity contribution in [3.63, 3.8) is 0 Å². The molecule has 0 amide bonds. The van der Waals surface area contributed by atoms with Gasteiger partial charge in [0.25, 0.3) is 0 Å². The average Bonchev–Trinajstić information content (AvgIpc) is 2.56. The molecule has 4 nitrogen and oxygen atoms in total. The van der Waals surface area contributed by atoms with Crippen LogP contribution in [0.4, 0.5) is 11.4 Å². The molecule has 0 fully saturated rings. The molecule has 0 spiro atoms. The Labute approximate surface area is 140 Å². The number of carbonyl (C=O) groups excluding carboxylic acids is 2. The van der Waals surface area contributed by atoms with Gasteiger partial charge < -0.3 is 10.6 Å². The molecule has 1 aliphatic rings. The van der Waals surface area contributed by atoms with Gasteiger partial charge in [0.15, 0.2) is 0 Å². The Morgan fingerprint density at radius 3 is 1.25 bits per heavy atom. The van der Waals surface area contributed by atoms with E-state index >= 15 is 0 Å². The van der Waals surface area contributed by atoms with Gasteiger partial charge in [-0.2, -0.15) is 0 Å². The number of hydrogen-bond donors (Lipinski definition) is 2. The summed E-state index contributed by atoms with van der Waals surface area (Å²) in [5.41, 5.74) is 4.36. The fourth-order valence-electron chi connectivity index (χ4n) is 2.34. The van der Waals surface area contributed by atoms with Crippen LogP contribution in [-0.2, 0) is 9.59 Å². The molecule has 2 aromatic carbocycles. The lowest BCUT2D eigenvalue weighted by Gasteiger charge is -2.15. The van der Waals surface area contributed by atoms with Gasteiger partial charge in [-0.25, -0.2) is 0 Å². The van der Waals surface area contributed by atoms with Crippen LogP contribution in [0.1, 0.15) is 11.1 Å². The van der Waals surface area contributed by atoms with E-state index in [4.69, 9.17) is 0 Å². The summed E-state index contributed by atoms with van der Waals surface area (Å²) in [5.74, 6) is -0.463.